The maximum absolute atomic E-state index is 2.41. The van der Waals surface area contributed by atoms with Crippen molar-refractivity contribution in [3.63, 3.8) is 0 Å². The van der Waals surface area contributed by atoms with Gasteiger partial charge in [-0.25, -0.2) is 0 Å². The molecule has 1 rings (SSSR count). The molecule has 1 aliphatic heterocycles. The zero-order valence-corrected chi connectivity index (χ0v) is 8.17. The molecule has 1 heterocycles. The van der Waals surface area contributed by atoms with Crippen LogP contribution in [0.5, 0.6) is 0 Å². The fraction of sp³-hybridized carbons (Fsp3) is 0.900. The van der Waals surface area contributed by atoms with E-state index < -0.39 is 0 Å². The fourth-order valence-corrected chi connectivity index (χ4v) is 2.33. The summed E-state index contributed by atoms with van der Waals surface area (Å²) in [6.45, 7) is 0. The molecule has 0 aliphatic carbocycles. The molecule has 0 N–H and O–H groups in total. The van der Waals surface area contributed by atoms with Crippen LogP contribution >= 0.6 is 11.8 Å². The summed E-state index contributed by atoms with van der Waals surface area (Å²) in [7, 11) is 0. The molecular weight excluding hydrogens is 152 g/mol. The van der Waals surface area contributed by atoms with Crippen LogP contribution in [0.25, 0.3) is 0 Å². The predicted molar refractivity (Wildman–Crippen MR) is 53.7 cm³/mol. The van der Waals surface area contributed by atoms with Crippen molar-refractivity contribution in [1.29, 1.82) is 0 Å². The van der Waals surface area contributed by atoms with Gasteiger partial charge in [0, 0.05) is 5.75 Å². The molecule has 0 nitrogen and oxygen atoms in total. The maximum Gasteiger partial charge on any atom is 0.0166 e. The second kappa shape index (κ2) is 7.02. The van der Waals surface area contributed by atoms with Crippen LogP contribution in [0.3, 0.4) is 0 Å². The van der Waals surface area contributed by atoms with Crippen LogP contribution in [0.1, 0.15) is 51.4 Å². The molecule has 0 aromatic rings. The van der Waals surface area contributed by atoms with Gasteiger partial charge < -0.3 is 0 Å². The lowest BCUT2D eigenvalue weighted by atomic mass is 10.1. The van der Waals surface area contributed by atoms with Gasteiger partial charge >= 0.3 is 0 Å². The Bertz CT molecular complexity index is 42.9. The molecule has 0 bridgehead atoms. The van der Waals surface area contributed by atoms with E-state index in [1.54, 1.807) is 0 Å². The number of rotatable bonds is 0. The molecule has 0 unspecified atom stereocenters. The maximum atomic E-state index is 2.41. The Balaban J connectivity index is 2.02. The zero-order valence-electron chi connectivity index (χ0n) is 7.35. The van der Waals surface area contributed by atoms with E-state index in [9.17, 15) is 0 Å². The third-order valence-electron chi connectivity index (χ3n) is 2.20. The first-order valence-corrected chi connectivity index (χ1v) is 5.98. The molecule has 0 aromatic heterocycles. The largest absolute Gasteiger partial charge is 0.157 e. The highest BCUT2D eigenvalue weighted by molar-refractivity contribution is 8.01. The van der Waals surface area contributed by atoms with Crippen LogP contribution in [0, 0.1) is 5.75 Å². The van der Waals surface area contributed by atoms with Gasteiger partial charge in [0.2, 0.25) is 0 Å². The zero-order chi connectivity index (χ0) is 7.78. The standard InChI is InChI=1S/C10H19S/c1-2-4-6-8-10-11-9-7-5-3-1/h9H,1-8,10H2. The molecule has 1 radical (unpaired) electrons. The van der Waals surface area contributed by atoms with E-state index in [4.69, 9.17) is 0 Å². The molecule has 1 heteroatoms. The minimum absolute atomic E-state index is 1.34. The number of hydrogen-bond acceptors (Lipinski definition) is 1. The molecule has 1 aliphatic rings. The summed E-state index contributed by atoms with van der Waals surface area (Å²) in [5.74, 6) is 3.77. The first kappa shape index (κ1) is 9.44. The smallest absolute Gasteiger partial charge is 0.0166 e. The van der Waals surface area contributed by atoms with Gasteiger partial charge in [-0.05, 0) is 18.6 Å². The van der Waals surface area contributed by atoms with Crippen molar-refractivity contribution in [3.05, 3.63) is 5.75 Å². The van der Waals surface area contributed by atoms with Crippen LogP contribution in [-0.2, 0) is 0 Å². The lowest BCUT2D eigenvalue weighted by Crippen LogP contribution is -1.80. The third-order valence-corrected chi connectivity index (χ3v) is 3.20. The van der Waals surface area contributed by atoms with Crippen LogP contribution < -0.4 is 0 Å². The molecule has 1 fully saturated rings. The van der Waals surface area contributed by atoms with Crippen molar-refractivity contribution >= 4 is 11.8 Å². The summed E-state index contributed by atoms with van der Waals surface area (Å²) < 4.78 is 0. The molecule has 0 spiro atoms. The van der Waals surface area contributed by atoms with Gasteiger partial charge in [-0.3, -0.25) is 0 Å². The highest BCUT2D eigenvalue weighted by Crippen LogP contribution is 2.18. The molecule has 0 aromatic carbocycles. The van der Waals surface area contributed by atoms with E-state index in [0.717, 1.165) is 0 Å². The van der Waals surface area contributed by atoms with Gasteiger partial charge in [0.25, 0.3) is 0 Å². The first-order valence-electron chi connectivity index (χ1n) is 4.93. The Labute approximate surface area is 75.1 Å². The van der Waals surface area contributed by atoms with Gasteiger partial charge in [0.1, 0.15) is 0 Å². The second-order valence-electron chi connectivity index (χ2n) is 3.30. The van der Waals surface area contributed by atoms with Crippen LogP contribution in [0.15, 0.2) is 0 Å². The van der Waals surface area contributed by atoms with E-state index in [0.29, 0.717) is 0 Å². The Morgan fingerprint density at radius 1 is 0.727 bits per heavy atom. The average Bonchev–Trinajstić information content (AvgIpc) is 2.08. The Morgan fingerprint density at radius 3 is 2.18 bits per heavy atom. The van der Waals surface area contributed by atoms with Gasteiger partial charge in [-0.15, -0.1) is 0 Å². The van der Waals surface area contributed by atoms with Crippen molar-refractivity contribution in [2.75, 3.05) is 5.75 Å². The summed E-state index contributed by atoms with van der Waals surface area (Å²) in [4.78, 5) is 0. The van der Waals surface area contributed by atoms with E-state index >= 15 is 0 Å². The van der Waals surface area contributed by atoms with Crippen molar-refractivity contribution in [1.82, 2.24) is 0 Å². The minimum Gasteiger partial charge on any atom is -0.157 e. The molecule has 0 saturated carbocycles. The predicted octanol–water partition coefficient (Wildman–Crippen LogP) is 4.02. The van der Waals surface area contributed by atoms with Crippen LogP contribution in [-0.4, -0.2) is 5.75 Å². The van der Waals surface area contributed by atoms with E-state index in [1.165, 1.54) is 57.1 Å². The Morgan fingerprint density at radius 2 is 1.36 bits per heavy atom. The number of thioether (sulfide) groups is 1. The van der Waals surface area contributed by atoms with Crippen molar-refractivity contribution in [2.24, 2.45) is 0 Å². The second-order valence-corrected chi connectivity index (χ2v) is 4.38. The lowest BCUT2D eigenvalue weighted by molar-refractivity contribution is 0.595. The summed E-state index contributed by atoms with van der Waals surface area (Å²) in [6, 6.07) is 0. The molecule has 11 heavy (non-hydrogen) atoms. The van der Waals surface area contributed by atoms with Crippen molar-refractivity contribution in [2.45, 2.75) is 51.4 Å². The average molecular weight is 171 g/mol. The topological polar surface area (TPSA) is 0 Å². The highest BCUT2D eigenvalue weighted by atomic mass is 32.2. The van der Waals surface area contributed by atoms with E-state index in [-0.39, 0.29) is 0 Å². The highest BCUT2D eigenvalue weighted by Gasteiger charge is 1.96. The normalized spacial score (nSPS) is 24.0. The molecule has 65 valence electrons. The summed E-state index contributed by atoms with van der Waals surface area (Å²) in [6.07, 6.45) is 11.5. The molecular formula is C10H19S. The van der Waals surface area contributed by atoms with E-state index in [1.807, 2.05) is 11.8 Å². The summed E-state index contributed by atoms with van der Waals surface area (Å²) >= 11 is 2.04. The minimum atomic E-state index is 1.34. The van der Waals surface area contributed by atoms with Crippen LogP contribution in [0.4, 0.5) is 0 Å². The first-order chi connectivity index (χ1) is 5.50. The molecule has 0 amide bonds. The lowest BCUT2D eigenvalue weighted by Gasteiger charge is -1.97. The Kier molecular flexibility index (Phi) is 6.03. The number of hydrogen-bond donors (Lipinski definition) is 0. The SMILES string of the molecule is [CH]1CCCCCCCCCS1. The monoisotopic (exact) mass is 171 g/mol. The van der Waals surface area contributed by atoms with Gasteiger partial charge in [-0.1, -0.05) is 38.5 Å². The Hall–Kier alpha value is 0.350. The third kappa shape index (κ3) is 5.60. The van der Waals surface area contributed by atoms with Crippen molar-refractivity contribution < 1.29 is 0 Å². The summed E-state index contributed by atoms with van der Waals surface area (Å²) in [5.41, 5.74) is 0. The van der Waals surface area contributed by atoms with Gasteiger partial charge in [0.05, 0.1) is 0 Å². The van der Waals surface area contributed by atoms with Crippen LogP contribution in [0.2, 0.25) is 0 Å². The molecule has 1 saturated heterocycles. The fourth-order valence-electron chi connectivity index (χ4n) is 1.46. The van der Waals surface area contributed by atoms with E-state index in [2.05, 4.69) is 5.75 Å². The van der Waals surface area contributed by atoms with Gasteiger partial charge in [0.15, 0.2) is 0 Å². The van der Waals surface area contributed by atoms with Gasteiger partial charge in [-0.2, -0.15) is 11.8 Å². The molecule has 0 atom stereocenters. The van der Waals surface area contributed by atoms with Crippen molar-refractivity contribution in [3.8, 4) is 0 Å². The quantitative estimate of drug-likeness (QED) is 0.530. The summed E-state index contributed by atoms with van der Waals surface area (Å²) in [5, 5.41) is 0.